The van der Waals surface area contributed by atoms with Crippen LogP contribution in [-0.4, -0.2) is 53.8 Å². The fourth-order valence-electron chi connectivity index (χ4n) is 4.92. The smallest absolute Gasteiger partial charge is 0.159 e. The summed E-state index contributed by atoms with van der Waals surface area (Å²) in [5.74, 6) is 1.54. The van der Waals surface area contributed by atoms with Crippen LogP contribution in [0.15, 0.2) is 78.8 Å². The maximum atomic E-state index is 11.1. The molecule has 2 N–H and O–H groups in total. The van der Waals surface area contributed by atoms with Gasteiger partial charge >= 0.3 is 0 Å². The number of rotatable bonds is 8. The van der Waals surface area contributed by atoms with Crippen molar-refractivity contribution in [3.8, 4) is 5.75 Å². The van der Waals surface area contributed by atoms with Crippen molar-refractivity contribution in [3.05, 3.63) is 84.4 Å². The van der Waals surface area contributed by atoms with Gasteiger partial charge in [0, 0.05) is 30.7 Å². The predicted molar refractivity (Wildman–Crippen MR) is 131 cm³/mol. The summed E-state index contributed by atoms with van der Waals surface area (Å²) in [6.07, 6.45) is 15.4. The first kappa shape index (κ1) is 22.7. The second kappa shape index (κ2) is 10.4. The van der Waals surface area contributed by atoms with Gasteiger partial charge in [0.15, 0.2) is 5.76 Å². The second-order valence-corrected chi connectivity index (χ2v) is 8.90. The normalized spacial score (nSPS) is 22.0. The molecule has 1 saturated heterocycles. The highest BCUT2D eigenvalue weighted by Crippen LogP contribution is 2.29. The number of benzene rings is 1. The van der Waals surface area contributed by atoms with E-state index in [4.69, 9.17) is 14.2 Å². The highest BCUT2D eigenvalue weighted by atomic mass is 16.5. The minimum atomic E-state index is -0.610. The lowest BCUT2D eigenvalue weighted by atomic mass is 9.95. The minimum absolute atomic E-state index is 0.0265. The van der Waals surface area contributed by atoms with E-state index in [0.29, 0.717) is 6.54 Å². The average Bonchev–Trinajstić information content (AvgIpc) is 3.34. The molecule has 1 aromatic heterocycles. The fourth-order valence-corrected chi connectivity index (χ4v) is 4.92. The number of pyridine rings is 1. The van der Waals surface area contributed by atoms with Gasteiger partial charge in [-0.1, -0.05) is 18.2 Å². The summed E-state index contributed by atoms with van der Waals surface area (Å²) in [5.41, 5.74) is 3.03. The zero-order valence-corrected chi connectivity index (χ0v) is 19.4. The Morgan fingerprint density at radius 2 is 2.24 bits per heavy atom. The van der Waals surface area contributed by atoms with Gasteiger partial charge in [0.1, 0.15) is 24.5 Å². The number of ether oxygens (including phenoxy) is 3. The van der Waals surface area contributed by atoms with Crippen molar-refractivity contribution >= 4 is 10.9 Å². The first-order chi connectivity index (χ1) is 16.7. The van der Waals surface area contributed by atoms with Crippen molar-refractivity contribution in [2.24, 2.45) is 0 Å². The zero-order chi connectivity index (χ0) is 23.3. The van der Waals surface area contributed by atoms with E-state index in [0.717, 1.165) is 60.3 Å². The van der Waals surface area contributed by atoms with E-state index in [2.05, 4.69) is 33.4 Å². The van der Waals surface area contributed by atoms with Crippen molar-refractivity contribution in [1.29, 1.82) is 0 Å². The van der Waals surface area contributed by atoms with Crippen LogP contribution in [-0.2, 0) is 9.47 Å². The summed E-state index contributed by atoms with van der Waals surface area (Å²) < 4.78 is 16.5. The number of hydrogen-bond donors (Lipinski definition) is 2. The molecule has 3 aliphatic rings. The summed E-state index contributed by atoms with van der Waals surface area (Å²) in [7, 11) is 1.65. The number of β-amino-alcohol motifs (C(OH)–C–C–N with tert-alkyl or cyclic N) is 1. The zero-order valence-electron chi connectivity index (χ0n) is 19.4. The van der Waals surface area contributed by atoms with Gasteiger partial charge in [-0.15, -0.1) is 0 Å². The molecule has 0 bridgehead atoms. The van der Waals surface area contributed by atoms with E-state index in [9.17, 15) is 5.11 Å². The van der Waals surface area contributed by atoms with Crippen molar-refractivity contribution in [2.75, 3.05) is 26.7 Å². The highest BCUT2D eigenvalue weighted by molar-refractivity contribution is 5.83. The van der Waals surface area contributed by atoms with E-state index in [1.54, 1.807) is 25.8 Å². The maximum Gasteiger partial charge on any atom is 0.159 e. The maximum absolute atomic E-state index is 11.1. The van der Waals surface area contributed by atoms with Crippen LogP contribution in [0.4, 0.5) is 0 Å². The SMILES string of the molecule is COc1ccc2nccc(C(O)CN3CCC(NC(C4=CC=CCC4)C4=COC=CO4)C3)c2c1. The number of nitrogens with one attached hydrogen (secondary N) is 1. The number of aliphatic hydroxyl groups is 1. The Morgan fingerprint density at radius 3 is 3.03 bits per heavy atom. The van der Waals surface area contributed by atoms with Gasteiger partial charge in [-0.05, 0) is 61.2 Å². The van der Waals surface area contributed by atoms with Crippen LogP contribution >= 0.6 is 0 Å². The van der Waals surface area contributed by atoms with E-state index < -0.39 is 6.10 Å². The molecule has 0 radical (unpaired) electrons. The Bertz CT molecular complexity index is 1140. The summed E-state index contributed by atoms with van der Waals surface area (Å²) in [6, 6.07) is 7.92. The number of nitrogens with zero attached hydrogens (tertiary/aromatic N) is 2. The molecule has 0 spiro atoms. The van der Waals surface area contributed by atoms with Crippen LogP contribution < -0.4 is 10.1 Å². The molecule has 1 fully saturated rings. The number of allylic oxidation sites excluding steroid dienone is 3. The van der Waals surface area contributed by atoms with Gasteiger partial charge in [0.05, 0.1) is 24.8 Å². The van der Waals surface area contributed by atoms with Crippen molar-refractivity contribution < 1.29 is 19.3 Å². The number of likely N-dealkylation sites (tertiary alicyclic amines) is 1. The monoisotopic (exact) mass is 461 g/mol. The molecule has 0 amide bonds. The second-order valence-electron chi connectivity index (χ2n) is 8.90. The predicted octanol–water partition coefficient (Wildman–Crippen LogP) is 3.95. The minimum Gasteiger partial charge on any atom is -0.497 e. The van der Waals surface area contributed by atoms with Crippen LogP contribution in [0.25, 0.3) is 10.9 Å². The number of aromatic nitrogens is 1. The highest BCUT2D eigenvalue weighted by Gasteiger charge is 2.30. The summed E-state index contributed by atoms with van der Waals surface area (Å²) in [4.78, 5) is 6.75. The average molecular weight is 462 g/mol. The topological polar surface area (TPSA) is 76.1 Å². The van der Waals surface area contributed by atoms with Crippen molar-refractivity contribution in [3.63, 3.8) is 0 Å². The van der Waals surface area contributed by atoms with Crippen molar-refractivity contribution in [2.45, 2.75) is 37.5 Å². The Morgan fingerprint density at radius 1 is 1.29 bits per heavy atom. The van der Waals surface area contributed by atoms with Gasteiger partial charge < -0.3 is 19.3 Å². The molecule has 3 heterocycles. The molecule has 1 aliphatic carbocycles. The summed E-state index contributed by atoms with van der Waals surface area (Å²) in [5, 5.41) is 15.8. The van der Waals surface area contributed by atoms with Crippen LogP contribution in [0.1, 0.15) is 30.9 Å². The lowest BCUT2D eigenvalue weighted by Gasteiger charge is -2.28. The number of methoxy groups -OCH3 is 1. The van der Waals surface area contributed by atoms with Gasteiger partial charge in [-0.25, -0.2) is 0 Å². The number of aliphatic hydroxyl groups excluding tert-OH is 1. The molecule has 7 heteroatoms. The molecule has 2 aliphatic heterocycles. The first-order valence-electron chi connectivity index (χ1n) is 11.8. The van der Waals surface area contributed by atoms with Crippen molar-refractivity contribution in [1.82, 2.24) is 15.2 Å². The van der Waals surface area contributed by atoms with Gasteiger partial charge in [-0.3, -0.25) is 15.2 Å². The Kier molecular flexibility index (Phi) is 6.94. The third-order valence-corrected chi connectivity index (χ3v) is 6.67. The van der Waals surface area contributed by atoms with Gasteiger partial charge in [0.2, 0.25) is 0 Å². The van der Waals surface area contributed by atoms with E-state index in [1.807, 2.05) is 24.3 Å². The van der Waals surface area contributed by atoms with Gasteiger partial charge in [-0.2, -0.15) is 0 Å². The molecule has 1 aromatic carbocycles. The van der Waals surface area contributed by atoms with E-state index in [1.165, 1.54) is 11.8 Å². The molecule has 34 heavy (non-hydrogen) atoms. The standard InChI is InChI=1S/C27H31N3O4/c1-32-21-7-8-24-23(15-21)22(9-11-28-24)25(31)17-30-12-10-20(16-30)29-27(19-5-3-2-4-6-19)26-18-33-13-14-34-26/h2-3,5,7-9,11,13-15,18,20,25,27,29,31H,4,6,10,12,16-17H2,1H3. The van der Waals surface area contributed by atoms with Crippen LogP contribution in [0, 0.1) is 0 Å². The largest absolute Gasteiger partial charge is 0.497 e. The van der Waals surface area contributed by atoms with E-state index >= 15 is 0 Å². The molecule has 7 nitrogen and oxygen atoms in total. The lowest BCUT2D eigenvalue weighted by Crippen LogP contribution is -2.43. The third kappa shape index (κ3) is 5.01. The third-order valence-electron chi connectivity index (χ3n) is 6.67. The molecule has 2 aromatic rings. The molecule has 0 saturated carbocycles. The Hall–Kier alpha value is -3.13. The molecular formula is C27H31N3O4. The quantitative estimate of drug-likeness (QED) is 0.617. The van der Waals surface area contributed by atoms with Crippen LogP contribution in [0.5, 0.6) is 5.75 Å². The number of fused-ring (bicyclic) bond motifs is 1. The summed E-state index contributed by atoms with van der Waals surface area (Å²) in [6.45, 7) is 2.34. The molecule has 178 valence electrons. The van der Waals surface area contributed by atoms with Gasteiger partial charge in [0.25, 0.3) is 0 Å². The van der Waals surface area contributed by atoms with Crippen LogP contribution in [0.3, 0.4) is 0 Å². The van der Waals surface area contributed by atoms with Crippen LogP contribution in [0.2, 0.25) is 0 Å². The van der Waals surface area contributed by atoms with E-state index in [-0.39, 0.29) is 12.1 Å². The first-order valence-corrected chi connectivity index (χ1v) is 11.8. The summed E-state index contributed by atoms with van der Waals surface area (Å²) >= 11 is 0. The number of hydrogen-bond acceptors (Lipinski definition) is 7. The Labute approximate surface area is 200 Å². The molecule has 3 atom stereocenters. The Balaban J connectivity index is 1.26. The molecular weight excluding hydrogens is 430 g/mol. The lowest BCUT2D eigenvalue weighted by molar-refractivity contribution is 0.126. The fraction of sp³-hybridized carbons (Fsp3) is 0.370. The molecule has 3 unspecified atom stereocenters. The molecule has 5 rings (SSSR count).